The summed E-state index contributed by atoms with van der Waals surface area (Å²) in [6, 6.07) is 18.2. The monoisotopic (exact) mass is 454 g/mol. The van der Waals surface area contributed by atoms with Crippen LogP contribution in [0.15, 0.2) is 54.6 Å². The van der Waals surface area contributed by atoms with E-state index in [1.165, 1.54) is 12.0 Å². The van der Waals surface area contributed by atoms with Gasteiger partial charge in [0.1, 0.15) is 0 Å². The van der Waals surface area contributed by atoms with Crippen molar-refractivity contribution in [3.63, 3.8) is 0 Å². The van der Waals surface area contributed by atoms with Crippen molar-refractivity contribution < 1.29 is 9.90 Å². The van der Waals surface area contributed by atoms with Crippen molar-refractivity contribution in [2.75, 3.05) is 32.7 Å². The number of hydrogen-bond acceptors (Lipinski definition) is 3. The molecule has 1 aliphatic heterocycles. The molecule has 0 spiro atoms. The average Bonchev–Trinajstić information content (AvgIpc) is 2.82. The van der Waals surface area contributed by atoms with Crippen LogP contribution in [0.4, 0.5) is 0 Å². The number of nitrogens with zero attached hydrogens (tertiary/aromatic N) is 2. The lowest BCUT2D eigenvalue weighted by Gasteiger charge is -2.43. The third-order valence-electron chi connectivity index (χ3n) is 7.26. The highest BCUT2D eigenvalue weighted by atomic mass is 35.5. The van der Waals surface area contributed by atoms with Crippen LogP contribution in [0.3, 0.4) is 0 Å². The van der Waals surface area contributed by atoms with Crippen LogP contribution in [0.5, 0.6) is 0 Å². The van der Waals surface area contributed by atoms with Gasteiger partial charge in [-0.15, -0.1) is 0 Å². The van der Waals surface area contributed by atoms with Gasteiger partial charge in [0.25, 0.3) is 0 Å². The van der Waals surface area contributed by atoms with Crippen molar-refractivity contribution in [1.82, 2.24) is 9.80 Å². The average molecular weight is 455 g/mol. The van der Waals surface area contributed by atoms with E-state index in [1.54, 1.807) is 0 Å². The summed E-state index contributed by atoms with van der Waals surface area (Å²) in [6.07, 6.45) is 6.42. The molecule has 1 amide bonds. The lowest BCUT2D eigenvalue weighted by molar-refractivity contribution is -0.133. The van der Waals surface area contributed by atoms with Gasteiger partial charge in [-0.1, -0.05) is 73.3 Å². The van der Waals surface area contributed by atoms with Crippen molar-refractivity contribution in [2.24, 2.45) is 0 Å². The highest BCUT2D eigenvalue weighted by Gasteiger charge is 2.40. The molecule has 2 aromatic carbocycles. The Morgan fingerprint density at radius 1 is 0.969 bits per heavy atom. The molecule has 1 unspecified atom stereocenters. The summed E-state index contributed by atoms with van der Waals surface area (Å²) in [4.78, 5) is 17.1. The number of hydrogen-bond donors (Lipinski definition) is 1. The first kappa shape index (κ1) is 23.3. The molecule has 1 saturated carbocycles. The van der Waals surface area contributed by atoms with Gasteiger partial charge in [0.05, 0.1) is 5.60 Å². The molecule has 1 saturated heterocycles. The van der Waals surface area contributed by atoms with Gasteiger partial charge < -0.3 is 10.0 Å². The summed E-state index contributed by atoms with van der Waals surface area (Å²) in [6.45, 7) is 4.03. The Kier molecular flexibility index (Phi) is 7.88. The molecular formula is C27H35ClN2O2. The van der Waals surface area contributed by atoms with Gasteiger partial charge in [0, 0.05) is 50.1 Å². The maximum Gasteiger partial charge on any atom is 0.222 e. The fraction of sp³-hybridized carbons (Fsp3) is 0.519. The zero-order chi connectivity index (χ0) is 22.4. The molecule has 1 heterocycles. The van der Waals surface area contributed by atoms with E-state index < -0.39 is 5.60 Å². The summed E-state index contributed by atoms with van der Waals surface area (Å²) in [5.41, 5.74) is 1.67. The van der Waals surface area contributed by atoms with Gasteiger partial charge in [-0.3, -0.25) is 9.69 Å². The second-order valence-corrected chi connectivity index (χ2v) is 9.88. The first-order valence-electron chi connectivity index (χ1n) is 12.1. The van der Waals surface area contributed by atoms with Crippen LogP contribution in [0, 0.1) is 0 Å². The molecule has 0 bridgehead atoms. The van der Waals surface area contributed by atoms with Gasteiger partial charge >= 0.3 is 0 Å². The van der Waals surface area contributed by atoms with E-state index >= 15 is 0 Å². The number of amides is 1. The summed E-state index contributed by atoms with van der Waals surface area (Å²) in [5, 5.41) is 12.3. The Hall–Kier alpha value is -1.88. The summed E-state index contributed by atoms with van der Waals surface area (Å²) < 4.78 is 0. The quantitative estimate of drug-likeness (QED) is 0.647. The summed E-state index contributed by atoms with van der Waals surface area (Å²) in [5.74, 6) is 0.285. The van der Waals surface area contributed by atoms with Crippen molar-refractivity contribution in [2.45, 2.75) is 56.5 Å². The van der Waals surface area contributed by atoms with Gasteiger partial charge in [-0.25, -0.2) is 0 Å². The van der Waals surface area contributed by atoms with Crippen molar-refractivity contribution in [1.29, 1.82) is 0 Å². The van der Waals surface area contributed by atoms with Gasteiger partial charge in [0.15, 0.2) is 0 Å². The Balaban J connectivity index is 1.35. The van der Waals surface area contributed by atoms with E-state index in [-0.39, 0.29) is 11.8 Å². The third kappa shape index (κ3) is 5.92. The molecule has 0 radical (unpaired) electrons. The largest absolute Gasteiger partial charge is 0.389 e. The molecule has 2 aromatic rings. The molecule has 4 rings (SSSR count). The number of aryl methyl sites for hydroxylation is 1. The number of carbonyl (C=O) groups excluding carboxylic acids is 1. The van der Waals surface area contributed by atoms with Crippen LogP contribution >= 0.6 is 11.6 Å². The summed E-state index contributed by atoms with van der Waals surface area (Å²) >= 11 is 6.30. The Bertz CT molecular complexity index is 874. The Morgan fingerprint density at radius 2 is 1.69 bits per heavy atom. The maximum atomic E-state index is 12.7. The lowest BCUT2D eigenvalue weighted by Crippen LogP contribution is -2.52. The SMILES string of the molecule is O=C(CCc1ccccc1)N1CCN(CC(c2cccc(Cl)c2)C2(O)CCCCC2)CC1. The van der Waals surface area contributed by atoms with Crippen LogP contribution in [0.1, 0.15) is 55.6 Å². The first-order valence-corrected chi connectivity index (χ1v) is 12.4. The molecule has 172 valence electrons. The molecule has 1 N–H and O–H groups in total. The van der Waals surface area contributed by atoms with Crippen molar-refractivity contribution in [3.05, 3.63) is 70.7 Å². The zero-order valence-corrected chi connectivity index (χ0v) is 19.6. The van der Waals surface area contributed by atoms with E-state index in [0.29, 0.717) is 6.42 Å². The molecular weight excluding hydrogens is 420 g/mol. The van der Waals surface area contributed by atoms with Crippen molar-refractivity contribution >= 4 is 17.5 Å². The van der Waals surface area contributed by atoms with Crippen molar-refractivity contribution in [3.8, 4) is 0 Å². The van der Waals surface area contributed by atoms with Gasteiger partial charge in [-0.2, -0.15) is 0 Å². The van der Waals surface area contributed by atoms with Crippen LogP contribution in [0.2, 0.25) is 5.02 Å². The molecule has 32 heavy (non-hydrogen) atoms. The topological polar surface area (TPSA) is 43.8 Å². The molecule has 0 aromatic heterocycles. The minimum absolute atomic E-state index is 0.0434. The maximum absolute atomic E-state index is 12.7. The smallest absolute Gasteiger partial charge is 0.222 e. The van der Waals surface area contributed by atoms with Gasteiger partial charge in [-0.05, 0) is 42.5 Å². The normalized spacial score (nSPS) is 20.1. The molecule has 1 aliphatic carbocycles. The van der Waals surface area contributed by atoms with E-state index in [4.69, 9.17) is 11.6 Å². The minimum Gasteiger partial charge on any atom is -0.389 e. The van der Waals surface area contributed by atoms with E-state index in [9.17, 15) is 9.90 Å². The molecule has 2 fully saturated rings. The second kappa shape index (κ2) is 10.8. The third-order valence-corrected chi connectivity index (χ3v) is 7.49. The minimum atomic E-state index is -0.675. The molecule has 1 atom stereocenters. The number of halogens is 1. The highest BCUT2D eigenvalue weighted by molar-refractivity contribution is 6.30. The van der Waals surface area contributed by atoms with Crippen LogP contribution in [-0.2, 0) is 11.2 Å². The number of carbonyl (C=O) groups is 1. The fourth-order valence-electron chi connectivity index (χ4n) is 5.31. The number of aliphatic hydroxyl groups is 1. The standard InChI is InChI=1S/C27H35ClN2O2/c28-24-11-7-10-23(20-24)25(27(32)14-5-2-6-15-27)21-29-16-18-30(19-17-29)26(31)13-12-22-8-3-1-4-9-22/h1,3-4,7-11,20,25,32H,2,5-6,12-19,21H2. The number of piperazine rings is 1. The second-order valence-electron chi connectivity index (χ2n) is 9.44. The van der Waals surface area contributed by atoms with Crippen LogP contribution in [0.25, 0.3) is 0 Å². The van der Waals surface area contributed by atoms with E-state index in [0.717, 1.165) is 75.4 Å². The van der Waals surface area contributed by atoms with Crippen LogP contribution in [-0.4, -0.2) is 59.1 Å². The van der Waals surface area contributed by atoms with Crippen LogP contribution < -0.4 is 0 Å². The number of rotatable bonds is 7. The number of benzene rings is 2. The molecule has 5 heteroatoms. The summed E-state index contributed by atoms with van der Waals surface area (Å²) in [7, 11) is 0. The first-order chi connectivity index (χ1) is 15.5. The zero-order valence-electron chi connectivity index (χ0n) is 18.9. The molecule has 4 nitrogen and oxygen atoms in total. The lowest BCUT2D eigenvalue weighted by atomic mass is 9.72. The van der Waals surface area contributed by atoms with Gasteiger partial charge in [0.2, 0.25) is 5.91 Å². The Labute approximate surface area is 197 Å². The van der Waals surface area contributed by atoms with E-state index in [2.05, 4.69) is 23.1 Å². The predicted octanol–water partition coefficient (Wildman–Crippen LogP) is 4.90. The predicted molar refractivity (Wildman–Crippen MR) is 130 cm³/mol. The highest BCUT2D eigenvalue weighted by Crippen LogP contribution is 2.41. The van der Waals surface area contributed by atoms with E-state index in [1.807, 2.05) is 41.3 Å². The molecule has 2 aliphatic rings. The Morgan fingerprint density at radius 3 is 2.38 bits per heavy atom. The fourth-order valence-corrected chi connectivity index (χ4v) is 5.51.